The van der Waals surface area contributed by atoms with Crippen LogP contribution in [0.2, 0.25) is 0 Å². The Hall–Kier alpha value is -3.22. The second-order valence-corrected chi connectivity index (χ2v) is 4.56. The molecule has 1 aliphatic heterocycles. The number of benzene rings is 1. The molecule has 0 unspecified atom stereocenters. The van der Waals surface area contributed by atoms with Gasteiger partial charge in [0, 0.05) is 0 Å². The summed E-state index contributed by atoms with van der Waals surface area (Å²) in [5.41, 5.74) is 1.83. The number of hydrogen-bond acceptors (Lipinski definition) is 5. The van der Waals surface area contributed by atoms with Crippen molar-refractivity contribution in [1.29, 1.82) is 0 Å². The zero-order valence-electron chi connectivity index (χ0n) is 11.3. The number of aromatic carboxylic acids is 1. The third kappa shape index (κ3) is 2.93. The van der Waals surface area contributed by atoms with Crippen LogP contribution in [0.3, 0.4) is 0 Å². The van der Waals surface area contributed by atoms with Gasteiger partial charge in [0.2, 0.25) is 0 Å². The van der Waals surface area contributed by atoms with Crippen molar-refractivity contribution in [2.45, 2.75) is 0 Å². The minimum absolute atomic E-state index is 0.0150. The van der Waals surface area contributed by atoms with Crippen LogP contribution in [-0.4, -0.2) is 33.6 Å². The molecular weight excluding hydrogens is 286 g/mol. The van der Waals surface area contributed by atoms with E-state index in [2.05, 4.69) is 15.3 Å². The van der Waals surface area contributed by atoms with E-state index in [0.717, 1.165) is 5.56 Å². The lowest BCUT2D eigenvalue weighted by Crippen LogP contribution is -2.25. The molecule has 2 N–H and O–H groups in total. The standard InChI is InChI=1S/C15H11N3O4/c19-14-7-22-13-4-2-9(5-11(13)18-14)1-3-10-6-12(15(20)21)17-8-16-10/h1-6,8H,7H2,(H,18,19)(H,20,21)/b3-1+. The van der Waals surface area contributed by atoms with E-state index in [1.54, 1.807) is 24.3 Å². The first-order chi connectivity index (χ1) is 10.6. The van der Waals surface area contributed by atoms with Crippen LogP contribution in [0.15, 0.2) is 30.6 Å². The zero-order chi connectivity index (χ0) is 15.5. The third-order valence-corrected chi connectivity index (χ3v) is 2.99. The van der Waals surface area contributed by atoms with Gasteiger partial charge in [0.05, 0.1) is 11.4 Å². The van der Waals surface area contributed by atoms with Crippen LogP contribution in [0, 0.1) is 0 Å². The van der Waals surface area contributed by atoms with E-state index in [0.29, 0.717) is 17.1 Å². The van der Waals surface area contributed by atoms with Gasteiger partial charge in [-0.05, 0) is 29.8 Å². The van der Waals surface area contributed by atoms with Gasteiger partial charge in [-0.2, -0.15) is 0 Å². The molecule has 1 aromatic carbocycles. The van der Waals surface area contributed by atoms with Crippen LogP contribution in [-0.2, 0) is 4.79 Å². The van der Waals surface area contributed by atoms with Gasteiger partial charge in [-0.25, -0.2) is 14.8 Å². The van der Waals surface area contributed by atoms with Crippen LogP contribution < -0.4 is 10.1 Å². The Bertz CT molecular complexity index is 786. The Morgan fingerprint density at radius 1 is 1.27 bits per heavy atom. The number of carbonyl (C=O) groups excluding carboxylic acids is 1. The second kappa shape index (κ2) is 5.65. The second-order valence-electron chi connectivity index (χ2n) is 4.56. The van der Waals surface area contributed by atoms with Gasteiger partial charge in [-0.1, -0.05) is 12.1 Å². The number of carboxylic acid groups (broad SMARTS) is 1. The van der Waals surface area contributed by atoms with Crippen LogP contribution in [0.25, 0.3) is 12.2 Å². The summed E-state index contributed by atoms with van der Waals surface area (Å²) in [5.74, 6) is -0.687. The molecule has 0 saturated heterocycles. The maximum Gasteiger partial charge on any atom is 0.354 e. The Labute approximate surface area is 125 Å². The van der Waals surface area contributed by atoms with E-state index >= 15 is 0 Å². The van der Waals surface area contributed by atoms with Gasteiger partial charge in [-0.3, -0.25) is 4.79 Å². The lowest BCUT2D eigenvalue weighted by Gasteiger charge is -2.17. The molecule has 2 heterocycles. The van der Waals surface area contributed by atoms with E-state index in [9.17, 15) is 9.59 Å². The summed E-state index contributed by atoms with van der Waals surface area (Å²) in [6.45, 7) is 0.0150. The van der Waals surface area contributed by atoms with Crippen LogP contribution in [0.1, 0.15) is 21.7 Å². The van der Waals surface area contributed by atoms with Crippen molar-refractivity contribution in [1.82, 2.24) is 9.97 Å². The quantitative estimate of drug-likeness (QED) is 0.893. The topological polar surface area (TPSA) is 101 Å². The smallest absolute Gasteiger partial charge is 0.354 e. The highest BCUT2D eigenvalue weighted by molar-refractivity contribution is 5.95. The highest BCUT2D eigenvalue weighted by Gasteiger charge is 2.15. The third-order valence-electron chi connectivity index (χ3n) is 2.99. The molecule has 1 aliphatic rings. The molecule has 0 spiro atoms. The number of rotatable bonds is 3. The van der Waals surface area contributed by atoms with Crippen molar-refractivity contribution in [3.63, 3.8) is 0 Å². The summed E-state index contributed by atoms with van der Waals surface area (Å²) in [4.78, 5) is 29.8. The van der Waals surface area contributed by atoms with Crippen LogP contribution in [0.5, 0.6) is 5.75 Å². The number of amides is 1. The fraction of sp³-hybridized carbons (Fsp3) is 0.0667. The first kappa shape index (κ1) is 13.7. The summed E-state index contributed by atoms with van der Waals surface area (Å²) in [5, 5.41) is 11.6. The minimum atomic E-state index is -1.11. The number of carboxylic acids is 1. The lowest BCUT2D eigenvalue weighted by molar-refractivity contribution is -0.118. The molecule has 0 fully saturated rings. The van der Waals surface area contributed by atoms with Gasteiger partial charge in [-0.15, -0.1) is 0 Å². The molecule has 7 heteroatoms. The van der Waals surface area contributed by atoms with Crippen molar-refractivity contribution in [2.24, 2.45) is 0 Å². The first-order valence-corrected chi connectivity index (χ1v) is 6.42. The average molecular weight is 297 g/mol. The molecule has 0 aliphatic carbocycles. The van der Waals surface area contributed by atoms with Gasteiger partial charge >= 0.3 is 5.97 Å². The molecule has 0 bridgehead atoms. The maximum absolute atomic E-state index is 11.3. The van der Waals surface area contributed by atoms with Gasteiger partial charge < -0.3 is 15.2 Å². The largest absolute Gasteiger partial charge is 0.482 e. The number of carbonyl (C=O) groups is 2. The van der Waals surface area contributed by atoms with E-state index in [1.165, 1.54) is 12.4 Å². The summed E-state index contributed by atoms with van der Waals surface area (Å²) < 4.78 is 5.27. The zero-order valence-corrected chi connectivity index (χ0v) is 11.3. The van der Waals surface area contributed by atoms with E-state index in [4.69, 9.17) is 9.84 Å². The Morgan fingerprint density at radius 2 is 2.14 bits per heavy atom. The highest BCUT2D eigenvalue weighted by Crippen LogP contribution is 2.29. The van der Waals surface area contributed by atoms with Gasteiger partial charge in [0.15, 0.2) is 12.3 Å². The number of hydrogen-bond donors (Lipinski definition) is 2. The molecule has 1 amide bonds. The molecule has 22 heavy (non-hydrogen) atoms. The predicted octanol–water partition coefficient (Wildman–Crippen LogP) is 1.68. The molecule has 2 aromatic rings. The monoisotopic (exact) mass is 297 g/mol. The summed E-state index contributed by atoms with van der Waals surface area (Å²) in [7, 11) is 0. The van der Waals surface area contributed by atoms with E-state index < -0.39 is 5.97 Å². The SMILES string of the molecule is O=C1COc2ccc(/C=C/c3cc(C(=O)O)ncn3)cc2N1. The average Bonchev–Trinajstić information content (AvgIpc) is 2.52. The van der Waals surface area contributed by atoms with Crippen molar-refractivity contribution >= 4 is 29.7 Å². The number of fused-ring (bicyclic) bond motifs is 1. The predicted molar refractivity (Wildman–Crippen MR) is 78.5 cm³/mol. The first-order valence-electron chi connectivity index (χ1n) is 6.42. The van der Waals surface area contributed by atoms with Crippen LogP contribution in [0.4, 0.5) is 5.69 Å². The molecule has 0 radical (unpaired) electrons. The van der Waals surface area contributed by atoms with Crippen molar-refractivity contribution < 1.29 is 19.4 Å². The van der Waals surface area contributed by atoms with Gasteiger partial charge in [0.1, 0.15) is 12.1 Å². The fourth-order valence-electron chi connectivity index (χ4n) is 1.97. The summed E-state index contributed by atoms with van der Waals surface area (Å²) >= 11 is 0. The van der Waals surface area contributed by atoms with Crippen molar-refractivity contribution in [3.8, 4) is 5.75 Å². The van der Waals surface area contributed by atoms with Crippen molar-refractivity contribution in [3.05, 3.63) is 47.5 Å². The molecule has 1 aromatic heterocycles. The normalized spacial score (nSPS) is 13.4. The minimum Gasteiger partial charge on any atom is -0.482 e. The molecule has 110 valence electrons. The Morgan fingerprint density at radius 3 is 2.95 bits per heavy atom. The number of aromatic nitrogens is 2. The maximum atomic E-state index is 11.3. The molecule has 3 rings (SSSR count). The van der Waals surface area contributed by atoms with Gasteiger partial charge in [0.25, 0.3) is 5.91 Å². The van der Waals surface area contributed by atoms with E-state index in [-0.39, 0.29) is 18.2 Å². The Kier molecular flexibility index (Phi) is 3.53. The number of nitrogens with zero attached hydrogens (tertiary/aromatic N) is 2. The molecule has 0 saturated carbocycles. The molecular formula is C15H11N3O4. The number of ether oxygens (including phenoxy) is 1. The fourth-order valence-corrected chi connectivity index (χ4v) is 1.97. The highest BCUT2D eigenvalue weighted by atomic mass is 16.5. The Balaban J connectivity index is 1.84. The van der Waals surface area contributed by atoms with Crippen molar-refractivity contribution in [2.75, 3.05) is 11.9 Å². The lowest BCUT2D eigenvalue weighted by atomic mass is 10.1. The number of nitrogens with one attached hydrogen (secondary N) is 1. The molecule has 7 nitrogen and oxygen atoms in total. The van der Waals surface area contributed by atoms with Crippen LogP contribution >= 0.6 is 0 Å². The molecule has 0 atom stereocenters. The van der Waals surface area contributed by atoms with E-state index in [1.807, 2.05) is 6.07 Å². The summed E-state index contributed by atoms with van der Waals surface area (Å²) in [6.07, 6.45) is 4.63. The summed E-state index contributed by atoms with van der Waals surface area (Å²) in [6, 6.07) is 6.73. The number of anilines is 1.